The zero-order valence-corrected chi connectivity index (χ0v) is 12.8. The summed E-state index contributed by atoms with van der Waals surface area (Å²) in [5, 5.41) is 13.0. The molecule has 2 aliphatic rings. The average molecular weight is 340 g/mol. The van der Waals surface area contributed by atoms with Gasteiger partial charge in [-0.1, -0.05) is 0 Å². The summed E-state index contributed by atoms with van der Waals surface area (Å²) in [6.45, 7) is 5.76. The Morgan fingerprint density at radius 2 is 2.00 bits per heavy atom. The summed E-state index contributed by atoms with van der Waals surface area (Å²) in [6, 6.07) is 5.45. The molecule has 1 amide bonds. The first kappa shape index (κ1) is 13.9. The second kappa shape index (κ2) is 5.71. The van der Waals surface area contributed by atoms with Gasteiger partial charge in [0.2, 0.25) is 0 Å². The smallest absolute Gasteiger partial charge is 0.254 e. The lowest BCUT2D eigenvalue weighted by atomic mass is 10.0. The van der Waals surface area contributed by atoms with Crippen LogP contribution in [-0.4, -0.2) is 66.1 Å². The number of carbonyl (C=O) groups is 1. The molecule has 5 nitrogen and oxygen atoms in total. The number of phenolic OH excluding ortho intramolecular Hbond substituents is 1. The van der Waals surface area contributed by atoms with E-state index in [9.17, 15) is 9.90 Å². The highest BCUT2D eigenvalue weighted by Crippen LogP contribution is 2.26. The number of hydrogen-bond donors (Lipinski definition) is 2. The Morgan fingerprint density at radius 1 is 1.30 bits per heavy atom. The van der Waals surface area contributed by atoms with Crippen molar-refractivity contribution in [1.29, 1.82) is 0 Å². The summed E-state index contributed by atoms with van der Waals surface area (Å²) in [7, 11) is 0. The minimum absolute atomic E-state index is 0.000755. The van der Waals surface area contributed by atoms with Crippen molar-refractivity contribution in [2.45, 2.75) is 6.04 Å². The number of piperazine rings is 1. The van der Waals surface area contributed by atoms with Crippen LogP contribution in [0.25, 0.3) is 0 Å². The van der Waals surface area contributed by atoms with Crippen molar-refractivity contribution in [2.24, 2.45) is 0 Å². The molecule has 0 unspecified atom stereocenters. The molecule has 1 aromatic rings. The van der Waals surface area contributed by atoms with Gasteiger partial charge in [0.05, 0.1) is 4.47 Å². The summed E-state index contributed by atoms with van der Waals surface area (Å²) < 4.78 is 0.608. The highest BCUT2D eigenvalue weighted by atomic mass is 79.9. The van der Waals surface area contributed by atoms with Gasteiger partial charge in [-0.15, -0.1) is 0 Å². The fraction of sp³-hybridized carbons (Fsp3) is 0.500. The Hall–Kier alpha value is -1.11. The zero-order chi connectivity index (χ0) is 14.1. The van der Waals surface area contributed by atoms with E-state index in [1.807, 2.05) is 4.90 Å². The van der Waals surface area contributed by atoms with E-state index < -0.39 is 0 Å². The van der Waals surface area contributed by atoms with Gasteiger partial charge in [-0.25, -0.2) is 0 Å². The number of rotatable bonds is 2. The van der Waals surface area contributed by atoms with Crippen LogP contribution in [0.2, 0.25) is 0 Å². The number of benzene rings is 1. The zero-order valence-electron chi connectivity index (χ0n) is 11.2. The molecule has 6 heteroatoms. The lowest BCUT2D eigenvalue weighted by Gasteiger charge is -2.46. The van der Waals surface area contributed by atoms with E-state index in [1.54, 1.807) is 12.1 Å². The molecule has 2 saturated heterocycles. The van der Waals surface area contributed by atoms with Crippen molar-refractivity contribution >= 4 is 21.8 Å². The number of hydrogen-bond acceptors (Lipinski definition) is 4. The molecule has 0 aromatic heterocycles. The number of phenols is 1. The van der Waals surface area contributed by atoms with Crippen LogP contribution in [-0.2, 0) is 0 Å². The maximum Gasteiger partial charge on any atom is 0.254 e. The van der Waals surface area contributed by atoms with Gasteiger partial charge in [-0.3, -0.25) is 9.69 Å². The van der Waals surface area contributed by atoms with Crippen LogP contribution in [0.5, 0.6) is 5.75 Å². The molecule has 0 saturated carbocycles. The third kappa shape index (κ3) is 2.68. The van der Waals surface area contributed by atoms with E-state index in [-0.39, 0.29) is 11.7 Å². The maximum atomic E-state index is 12.3. The number of halogens is 1. The Morgan fingerprint density at radius 3 is 2.65 bits per heavy atom. The van der Waals surface area contributed by atoms with Crippen molar-refractivity contribution in [1.82, 2.24) is 15.1 Å². The topological polar surface area (TPSA) is 55.8 Å². The van der Waals surface area contributed by atoms with Crippen molar-refractivity contribution in [3.8, 4) is 5.75 Å². The normalized spacial score (nSPS) is 20.8. The third-order valence-corrected chi connectivity index (χ3v) is 4.68. The molecule has 2 aliphatic heterocycles. The van der Waals surface area contributed by atoms with Crippen LogP contribution in [0.3, 0.4) is 0 Å². The molecule has 2 N–H and O–H groups in total. The second-order valence-corrected chi connectivity index (χ2v) is 6.17. The first-order chi connectivity index (χ1) is 9.65. The molecule has 0 radical (unpaired) electrons. The number of carbonyl (C=O) groups excluding carboxylic acids is 1. The maximum absolute atomic E-state index is 12.3. The largest absolute Gasteiger partial charge is 0.507 e. The first-order valence-corrected chi connectivity index (χ1v) is 7.67. The van der Waals surface area contributed by atoms with Crippen molar-refractivity contribution < 1.29 is 9.90 Å². The van der Waals surface area contributed by atoms with E-state index in [0.717, 1.165) is 39.3 Å². The number of nitrogens with one attached hydrogen (secondary N) is 1. The molecule has 0 atom stereocenters. The number of likely N-dealkylation sites (tertiary alicyclic amines) is 1. The molecule has 1 aromatic carbocycles. The van der Waals surface area contributed by atoms with E-state index in [2.05, 4.69) is 26.1 Å². The lowest BCUT2D eigenvalue weighted by Crippen LogP contribution is -2.63. The van der Waals surface area contributed by atoms with Crippen molar-refractivity contribution in [2.75, 3.05) is 39.3 Å². The second-order valence-electron chi connectivity index (χ2n) is 5.32. The molecule has 0 spiro atoms. The molecule has 0 aliphatic carbocycles. The molecule has 2 fully saturated rings. The van der Waals surface area contributed by atoms with Crippen molar-refractivity contribution in [3.63, 3.8) is 0 Å². The van der Waals surface area contributed by atoms with Crippen LogP contribution in [0.15, 0.2) is 22.7 Å². The molecular formula is C14H18BrN3O2. The summed E-state index contributed by atoms with van der Waals surface area (Å²) in [5.74, 6) is 0.106. The van der Waals surface area contributed by atoms with Crippen LogP contribution in [0, 0.1) is 0 Å². The van der Waals surface area contributed by atoms with Crippen LogP contribution < -0.4 is 5.32 Å². The van der Waals surface area contributed by atoms with E-state index in [0.29, 0.717) is 16.1 Å². The number of nitrogens with zero attached hydrogens (tertiary/aromatic N) is 2. The average Bonchev–Trinajstić information content (AvgIpc) is 2.41. The summed E-state index contributed by atoms with van der Waals surface area (Å²) >= 11 is 3.22. The van der Waals surface area contributed by atoms with Crippen LogP contribution >= 0.6 is 15.9 Å². The highest BCUT2D eigenvalue weighted by molar-refractivity contribution is 9.10. The molecule has 20 heavy (non-hydrogen) atoms. The standard InChI is InChI=1S/C14H18BrN3O2/c15-12-2-1-10(7-13(12)19)14(20)18-8-11(9-18)17-5-3-16-4-6-17/h1-2,7,11,16,19H,3-6,8-9H2. The van der Waals surface area contributed by atoms with Gasteiger partial charge < -0.3 is 15.3 Å². The van der Waals surface area contributed by atoms with E-state index in [1.165, 1.54) is 6.07 Å². The van der Waals surface area contributed by atoms with E-state index >= 15 is 0 Å². The van der Waals surface area contributed by atoms with Gasteiger partial charge in [0, 0.05) is 50.9 Å². The fourth-order valence-corrected chi connectivity index (χ4v) is 2.97. The minimum atomic E-state index is -0.000755. The van der Waals surface area contributed by atoms with Crippen LogP contribution in [0.4, 0.5) is 0 Å². The van der Waals surface area contributed by atoms with Gasteiger partial charge in [0.1, 0.15) is 5.75 Å². The molecule has 0 bridgehead atoms. The van der Waals surface area contributed by atoms with Gasteiger partial charge in [-0.2, -0.15) is 0 Å². The van der Waals surface area contributed by atoms with Gasteiger partial charge >= 0.3 is 0 Å². The van der Waals surface area contributed by atoms with Crippen LogP contribution in [0.1, 0.15) is 10.4 Å². The quantitative estimate of drug-likeness (QED) is 0.840. The molecular weight excluding hydrogens is 322 g/mol. The lowest BCUT2D eigenvalue weighted by molar-refractivity contribution is 0.0227. The van der Waals surface area contributed by atoms with Crippen molar-refractivity contribution in [3.05, 3.63) is 28.2 Å². The van der Waals surface area contributed by atoms with Gasteiger partial charge in [-0.05, 0) is 34.1 Å². The fourth-order valence-electron chi connectivity index (χ4n) is 2.73. The molecule has 2 heterocycles. The van der Waals surface area contributed by atoms with E-state index in [4.69, 9.17) is 0 Å². The summed E-state index contributed by atoms with van der Waals surface area (Å²) in [4.78, 5) is 16.6. The Kier molecular flexibility index (Phi) is 3.96. The number of amides is 1. The van der Waals surface area contributed by atoms with Gasteiger partial charge in [0.15, 0.2) is 0 Å². The highest BCUT2D eigenvalue weighted by Gasteiger charge is 2.35. The minimum Gasteiger partial charge on any atom is -0.507 e. The Balaban J connectivity index is 1.58. The summed E-state index contributed by atoms with van der Waals surface area (Å²) in [6.07, 6.45) is 0. The monoisotopic (exact) mass is 339 g/mol. The number of aromatic hydroxyl groups is 1. The third-order valence-electron chi connectivity index (χ3n) is 4.01. The Labute approximate surface area is 126 Å². The summed E-state index contributed by atoms with van der Waals surface area (Å²) in [5.41, 5.74) is 0.546. The predicted octanol–water partition coefficient (Wildman–Crippen LogP) is 0.884. The Bertz CT molecular complexity index is 511. The molecule has 108 valence electrons. The predicted molar refractivity (Wildman–Crippen MR) is 79.9 cm³/mol. The molecule has 3 rings (SSSR count). The van der Waals surface area contributed by atoms with Gasteiger partial charge in [0.25, 0.3) is 5.91 Å². The SMILES string of the molecule is O=C(c1ccc(Br)c(O)c1)N1CC(N2CCNCC2)C1. The first-order valence-electron chi connectivity index (χ1n) is 6.88.